The van der Waals surface area contributed by atoms with Crippen LogP contribution in [0.5, 0.6) is 0 Å². The zero-order valence-corrected chi connectivity index (χ0v) is 13.4. The van der Waals surface area contributed by atoms with Gasteiger partial charge in [-0.25, -0.2) is 0 Å². The maximum absolute atomic E-state index is 4.36. The van der Waals surface area contributed by atoms with Crippen molar-refractivity contribution in [3.05, 3.63) is 72.9 Å². The fraction of sp³-hybridized carbons (Fsp3) is 0.100. The molecule has 0 amide bonds. The summed E-state index contributed by atoms with van der Waals surface area (Å²) in [6, 6.07) is 18.6. The molecule has 0 atom stereocenters. The summed E-state index contributed by atoms with van der Waals surface area (Å²) in [5, 5.41) is 8.42. The fourth-order valence-electron chi connectivity index (χ4n) is 2.49. The van der Waals surface area contributed by atoms with Crippen molar-refractivity contribution < 1.29 is 0 Å². The van der Waals surface area contributed by atoms with Gasteiger partial charge < -0.3 is 4.90 Å². The van der Waals surface area contributed by atoms with E-state index < -0.39 is 0 Å². The Hall–Kier alpha value is -2.94. The number of hydrogen-bond donors (Lipinski definition) is 0. The van der Waals surface area contributed by atoms with Crippen molar-refractivity contribution in [1.82, 2.24) is 10.2 Å². The quantitative estimate of drug-likeness (QED) is 0.709. The van der Waals surface area contributed by atoms with Gasteiger partial charge in [-0.2, -0.15) is 5.10 Å². The zero-order chi connectivity index (χ0) is 16.2. The van der Waals surface area contributed by atoms with Crippen LogP contribution in [-0.2, 0) is 0 Å². The predicted molar refractivity (Wildman–Crippen MR) is 97.3 cm³/mol. The number of nitrogens with zero attached hydrogens (tertiary/aromatic N) is 3. The second-order valence-corrected chi connectivity index (χ2v) is 5.56. The first-order chi connectivity index (χ1) is 11.2. The molecule has 0 aliphatic rings. The van der Waals surface area contributed by atoms with Crippen LogP contribution in [0.15, 0.2) is 67.4 Å². The first-order valence-corrected chi connectivity index (χ1v) is 7.51. The molecule has 3 heteroatoms. The highest BCUT2D eigenvalue weighted by Gasteiger charge is 2.09. The molecular weight excluding hydrogens is 282 g/mol. The molecule has 0 spiro atoms. The van der Waals surface area contributed by atoms with Crippen molar-refractivity contribution >= 4 is 11.8 Å². The lowest BCUT2D eigenvalue weighted by Gasteiger charge is -2.13. The van der Waals surface area contributed by atoms with E-state index in [9.17, 15) is 0 Å². The Morgan fingerprint density at radius 2 is 1.52 bits per heavy atom. The van der Waals surface area contributed by atoms with Gasteiger partial charge in [0.05, 0.1) is 6.20 Å². The van der Waals surface area contributed by atoms with Gasteiger partial charge in [0.25, 0.3) is 0 Å². The summed E-state index contributed by atoms with van der Waals surface area (Å²) in [7, 11) is 4.06. The molecular formula is C20H19N3. The molecule has 3 aromatic rings. The standard InChI is InChI=1S/C20H19N3/c1-4-15-5-7-16(8-6-15)19-13-14-21-22-20(19)17-9-11-18(12-10-17)23(2)3/h4-14H,1H2,2-3H3. The highest BCUT2D eigenvalue weighted by atomic mass is 15.1. The van der Waals surface area contributed by atoms with Crippen LogP contribution in [0, 0.1) is 0 Å². The third-order valence-electron chi connectivity index (χ3n) is 3.84. The van der Waals surface area contributed by atoms with E-state index in [-0.39, 0.29) is 0 Å². The van der Waals surface area contributed by atoms with E-state index >= 15 is 0 Å². The van der Waals surface area contributed by atoms with E-state index in [0.29, 0.717) is 0 Å². The highest BCUT2D eigenvalue weighted by molar-refractivity contribution is 5.81. The molecule has 3 nitrogen and oxygen atoms in total. The number of aromatic nitrogens is 2. The summed E-state index contributed by atoms with van der Waals surface area (Å²) in [5.74, 6) is 0. The highest BCUT2D eigenvalue weighted by Crippen LogP contribution is 2.30. The van der Waals surface area contributed by atoms with Gasteiger partial charge in [-0.15, -0.1) is 5.10 Å². The van der Waals surface area contributed by atoms with E-state index in [1.807, 2.05) is 26.2 Å². The van der Waals surface area contributed by atoms with Crippen molar-refractivity contribution in [3.63, 3.8) is 0 Å². The largest absolute Gasteiger partial charge is 0.378 e. The molecule has 1 heterocycles. The van der Waals surface area contributed by atoms with Crippen LogP contribution >= 0.6 is 0 Å². The Labute approximate surface area is 136 Å². The number of anilines is 1. The van der Waals surface area contributed by atoms with Crippen LogP contribution in [-0.4, -0.2) is 24.3 Å². The molecule has 0 bridgehead atoms. The Balaban J connectivity index is 2.04. The Morgan fingerprint density at radius 1 is 0.870 bits per heavy atom. The lowest BCUT2D eigenvalue weighted by Crippen LogP contribution is -2.08. The van der Waals surface area contributed by atoms with Gasteiger partial charge in [0.1, 0.15) is 5.69 Å². The third kappa shape index (κ3) is 3.14. The van der Waals surface area contributed by atoms with Crippen molar-refractivity contribution in [3.8, 4) is 22.4 Å². The zero-order valence-electron chi connectivity index (χ0n) is 13.4. The minimum Gasteiger partial charge on any atom is -0.378 e. The van der Waals surface area contributed by atoms with Crippen LogP contribution in [0.2, 0.25) is 0 Å². The monoisotopic (exact) mass is 301 g/mol. The van der Waals surface area contributed by atoms with Crippen molar-refractivity contribution in [2.45, 2.75) is 0 Å². The summed E-state index contributed by atoms with van der Waals surface area (Å²) in [6.45, 7) is 3.79. The average molecular weight is 301 g/mol. The molecule has 0 saturated carbocycles. The smallest absolute Gasteiger partial charge is 0.101 e. The van der Waals surface area contributed by atoms with Gasteiger partial charge in [-0.1, -0.05) is 49.1 Å². The second-order valence-electron chi connectivity index (χ2n) is 5.56. The van der Waals surface area contributed by atoms with Crippen LogP contribution in [0.4, 0.5) is 5.69 Å². The molecule has 0 aliphatic carbocycles. The topological polar surface area (TPSA) is 29.0 Å². The molecule has 114 valence electrons. The summed E-state index contributed by atoms with van der Waals surface area (Å²) in [4.78, 5) is 2.08. The number of hydrogen-bond acceptors (Lipinski definition) is 3. The molecule has 0 saturated heterocycles. The van der Waals surface area contributed by atoms with Gasteiger partial charge in [0.2, 0.25) is 0 Å². The Kier molecular flexibility index (Phi) is 4.20. The molecule has 1 aromatic heterocycles. The van der Waals surface area contributed by atoms with Crippen molar-refractivity contribution in [2.75, 3.05) is 19.0 Å². The van der Waals surface area contributed by atoms with Crippen LogP contribution in [0.3, 0.4) is 0 Å². The average Bonchev–Trinajstić information content (AvgIpc) is 2.62. The molecule has 0 N–H and O–H groups in total. The van der Waals surface area contributed by atoms with E-state index in [2.05, 4.69) is 70.2 Å². The van der Waals surface area contributed by atoms with E-state index in [4.69, 9.17) is 0 Å². The molecule has 23 heavy (non-hydrogen) atoms. The van der Waals surface area contributed by atoms with Gasteiger partial charge in [0.15, 0.2) is 0 Å². The van der Waals surface area contributed by atoms with Crippen LogP contribution < -0.4 is 4.90 Å². The molecule has 3 rings (SSSR count). The SMILES string of the molecule is C=Cc1ccc(-c2ccnnc2-c2ccc(N(C)C)cc2)cc1. The van der Waals surface area contributed by atoms with Crippen molar-refractivity contribution in [1.29, 1.82) is 0 Å². The molecule has 0 fully saturated rings. The van der Waals surface area contributed by atoms with E-state index in [0.717, 1.165) is 33.6 Å². The maximum Gasteiger partial charge on any atom is 0.101 e. The lowest BCUT2D eigenvalue weighted by atomic mass is 9.99. The minimum atomic E-state index is 0.893. The fourth-order valence-corrected chi connectivity index (χ4v) is 2.49. The van der Waals surface area contributed by atoms with Crippen LogP contribution in [0.25, 0.3) is 28.5 Å². The summed E-state index contributed by atoms with van der Waals surface area (Å²) < 4.78 is 0. The Morgan fingerprint density at radius 3 is 2.13 bits per heavy atom. The molecule has 0 aliphatic heterocycles. The summed E-state index contributed by atoms with van der Waals surface area (Å²) >= 11 is 0. The lowest BCUT2D eigenvalue weighted by molar-refractivity contribution is 1.04. The summed E-state index contributed by atoms with van der Waals surface area (Å²) in [6.07, 6.45) is 3.57. The van der Waals surface area contributed by atoms with Crippen molar-refractivity contribution in [2.24, 2.45) is 0 Å². The van der Waals surface area contributed by atoms with Gasteiger partial charge >= 0.3 is 0 Å². The van der Waals surface area contributed by atoms with E-state index in [1.165, 1.54) is 0 Å². The van der Waals surface area contributed by atoms with E-state index in [1.54, 1.807) is 6.20 Å². The normalized spacial score (nSPS) is 10.3. The number of rotatable bonds is 4. The second kappa shape index (κ2) is 6.44. The van der Waals surface area contributed by atoms with Gasteiger partial charge in [-0.05, 0) is 29.3 Å². The van der Waals surface area contributed by atoms with Crippen LogP contribution in [0.1, 0.15) is 5.56 Å². The summed E-state index contributed by atoms with van der Waals surface area (Å²) in [5.41, 5.74) is 6.42. The minimum absolute atomic E-state index is 0.893. The number of benzene rings is 2. The Bertz CT molecular complexity index is 803. The predicted octanol–water partition coefficient (Wildman–Crippen LogP) is 4.52. The third-order valence-corrected chi connectivity index (χ3v) is 3.84. The molecule has 2 aromatic carbocycles. The van der Waals surface area contributed by atoms with Gasteiger partial charge in [-0.3, -0.25) is 0 Å². The first-order valence-electron chi connectivity index (χ1n) is 7.51. The molecule has 0 unspecified atom stereocenters. The first kappa shape index (κ1) is 15.0. The maximum atomic E-state index is 4.36. The molecule has 0 radical (unpaired) electrons. The van der Waals surface area contributed by atoms with Gasteiger partial charge in [0, 0.05) is 30.9 Å².